The van der Waals surface area contributed by atoms with Crippen molar-refractivity contribution in [1.82, 2.24) is 5.32 Å². The third-order valence-electron chi connectivity index (χ3n) is 4.07. The number of furan rings is 1. The maximum atomic E-state index is 13.8. The molecule has 0 aliphatic heterocycles. The average Bonchev–Trinajstić information content (AvgIpc) is 3.14. The summed E-state index contributed by atoms with van der Waals surface area (Å²) < 4.78 is 24.7. The summed E-state index contributed by atoms with van der Waals surface area (Å²) in [7, 11) is 1.60. The first-order chi connectivity index (χ1) is 12.7. The van der Waals surface area contributed by atoms with Crippen LogP contribution in [-0.4, -0.2) is 13.0 Å². The molecule has 0 radical (unpaired) electrons. The SMILES string of the molecule is COc1ccccc1CNC(=O)CCc1ccc(-c2ccccc2F)o1. The number of carbonyl (C=O) groups is 1. The molecule has 0 unspecified atom stereocenters. The van der Waals surface area contributed by atoms with Gasteiger partial charge in [-0.25, -0.2) is 4.39 Å². The number of amides is 1. The van der Waals surface area contributed by atoms with Gasteiger partial charge in [0.15, 0.2) is 0 Å². The Morgan fingerprint density at radius 3 is 2.65 bits per heavy atom. The van der Waals surface area contributed by atoms with Gasteiger partial charge in [-0.1, -0.05) is 30.3 Å². The van der Waals surface area contributed by atoms with E-state index in [0.717, 1.165) is 11.3 Å². The monoisotopic (exact) mass is 353 g/mol. The van der Waals surface area contributed by atoms with Crippen molar-refractivity contribution in [3.63, 3.8) is 0 Å². The van der Waals surface area contributed by atoms with E-state index in [2.05, 4.69) is 5.32 Å². The van der Waals surface area contributed by atoms with E-state index < -0.39 is 0 Å². The van der Waals surface area contributed by atoms with Gasteiger partial charge in [-0.15, -0.1) is 0 Å². The summed E-state index contributed by atoms with van der Waals surface area (Å²) in [6.07, 6.45) is 0.742. The molecule has 0 bridgehead atoms. The summed E-state index contributed by atoms with van der Waals surface area (Å²) in [5.41, 5.74) is 1.34. The predicted molar refractivity (Wildman–Crippen MR) is 97.3 cm³/mol. The topological polar surface area (TPSA) is 51.5 Å². The fraction of sp³-hybridized carbons (Fsp3) is 0.190. The Labute approximate surface area is 151 Å². The molecule has 5 heteroatoms. The van der Waals surface area contributed by atoms with Crippen LogP contribution in [0.25, 0.3) is 11.3 Å². The molecule has 0 fully saturated rings. The fourth-order valence-electron chi connectivity index (χ4n) is 2.69. The normalized spacial score (nSPS) is 10.5. The van der Waals surface area contributed by atoms with Gasteiger partial charge in [0, 0.05) is 24.9 Å². The molecule has 0 saturated heterocycles. The molecule has 1 N–H and O–H groups in total. The third-order valence-corrected chi connectivity index (χ3v) is 4.07. The minimum Gasteiger partial charge on any atom is -0.496 e. The number of hydrogen-bond donors (Lipinski definition) is 1. The van der Waals surface area contributed by atoms with Crippen LogP contribution >= 0.6 is 0 Å². The highest BCUT2D eigenvalue weighted by Gasteiger charge is 2.11. The molecule has 2 aromatic carbocycles. The van der Waals surface area contributed by atoms with E-state index in [0.29, 0.717) is 36.5 Å². The number of methoxy groups -OCH3 is 1. The highest BCUT2D eigenvalue weighted by atomic mass is 19.1. The first-order valence-corrected chi connectivity index (χ1v) is 8.39. The second-order valence-corrected chi connectivity index (χ2v) is 5.83. The zero-order chi connectivity index (χ0) is 18.4. The molecule has 0 aliphatic carbocycles. The minimum absolute atomic E-state index is 0.0836. The molecule has 26 heavy (non-hydrogen) atoms. The fourth-order valence-corrected chi connectivity index (χ4v) is 2.69. The number of hydrogen-bond acceptors (Lipinski definition) is 3. The van der Waals surface area contributed by atoms with E-state index in [-0.39, 0.29) is 11.7 Å². The number of nitrogens with one attached hydrogen (secondary N) is 1. The maximum Gasteiger partial charge on any atom is 0.220 e. The standard InChI is InChI=1S/C21H20FNO3/c1-25-19-9-5-2-6-15(19)14-23-21(24)13-11-16-10-12-20(26-16)17-7-3-4-8-18(17)22/h2-10,12H,11,13-14H2,1H3,(H,23,24). The number of para-hydroxylation sites is 1. The number of ether oxygens (including phenoxy) is 1. The quantitative estimate of drug-likeness (QED) is 0.687. The Kier molecular flexibility index (Phi) is 5.69. The highest BCUT2D eigenvalue weighted by molar-refractivity contribution is 5.76. The van der Waals surface area contributed by atoms with Gasteiger partial charge in [-0.3, -0.25) is 4.79 Å². The second-order valence-electron chi connectivity index (χ2n) is 5.83. The van der Waals surface area contributed by atoms with Crippen molar-refractivity contribution in [3.05, 3.63) is 77.8 Å². The van der Waals surface area contributed by atoms with Crippen LogP contribution in [0, 0.1) is 5.82 Å². The van der Waals surface area contributed by atoms with Crippen molar-refractivity contribution in [2.45, 2.75) is 19.4 Å². The molecule has 4 nitrogen and oxygen atoms in total. The summed E-state index contributed by atoms with van der Waals surface area (Å²) in [6, 6.07) is 17.5. The van der Waals surface area contributed by atoms with Gasteiger partial charge in [0.1, 0.15) is 23.1 Å². The maximum absolute atomic E-state index is 13.8. The molecule has 1 amide bonds. The molecular weight excluding hydrogens is 333 g/mol. The molecule has 1 aromatic heterocycles. The number of carbonyl (C=O) groups excluding carboxylic acids is 1. The van der Waals surface area contributed by atoms with Crippen molar-refractivity contribution in [2.24, 2.45) is 0 Å². The lowest BCUT2D eigenvalue weighted by Gasteiger charge is -2.09. The molecule has 134 valence electrons. The van der Waals surface area contributed by atoms with E-state index in [1.165, 1.54) is 6.07 Å². The molecule has 0 spiro atoms. The molecular formula is C21H20FNO3. The first kappa shape index (κ1) is 17.7. The summed E-state index contributed by atoms with van der Waals surface area (Å²) in [5.74, 6) is 1.44. The van der Waals surface area contributed by atoms with E-state index >= 15 is 0 Å². The average molecular weight is 353 g/mol. The van der Waals surface area contributed by atoms with Crippen molar-refractivity contribution in [3.8, 4) is 17.1 Å². The third kappa shape index (κ3) is 4.30. The van der Waals surface area contributed by atoms with Crippen LogP contribution in [0.1, 0.15) is 17.7 Å². The van der Waals surface area contributed by atoms with Gasteiger partial charge in [-0.2, -0.15) is 0 Å². The summed E-state index contributed by atoms with van der Waals surface area (Å²) in [6.45, 7) is 0.404. The Morgan fingerprint density at radius 1 is 1.08 bits per heavy atom. The number of halogens is 1. The summed E-state index contributed by atoms with van der Waals surface area (Å²) >= 11 is 0. The molecule has 3 rings (SSSR count). The zero-order valence-electron chi connectivity index (χ0n) is 14.5. The van der Waals surface area contributed by atoms with Crippen LogP contribution < -0.4 is 10.1 Å². The summed E-state index contributed by atoms with van der Waals surface area (Å²) in [5, 5.41) is 2.87. The first-order valence-electron chi connectivity index (χ1n) is 8.39. The lowest BCUT2D eigenvalue weighted by Crippen LogP contribution is -2.23. The van der Waals surface area contributed by atoms with Crippen molar-refractivity contribution in [1.29, 1.82) is 0 Å². The van der Waals surface area contributed by atoms with Crippen LogP contribution in [0.2, 0.25) is 0 Å². The van der Waals surface area contributed by atoms with Gasteiger partial charge < -0.3 is 14.5 Å². The van der Waals surface area contributed by atoms with Crippen LogP contribution in [0.4, 0.5) is 4.39 Å². The van der Waals surface area contributed by atoms with Crippen LogP contribution in [0.5, 0.6) is 5.75 Å². The predicted octanol–water partition coefficient (Wildman–Crippen LogP) is 4.34. The molecule has 0 atom stereocenters. The Balaban J connectivity index is 1.53. The van der Waals surface area contributed by atoms with E-state index in [4.69, 9.17) is 9.15 Å². The Bertz CT molecular complexity index is 888. The Morgan fingerprint density at radius 2 is 1.85 bits per heavy atom. The zero-order valence-corrected chi connectivity index (χ0v) is 14.5. The van der Waals surface area contributed by atoms with Crippen LogP contribution in [-0.2, 0) is 17.8 Å². The lowest BCUT2D eigenvalue weighted by atomic mass is 10.1. The van der Waals surface area contributed by atoms with E-state index in [1.54, 1.807) is 37.4 Å². The van der Waals surface area contributed by atoms with Gasteiger partial charge in [-0.05, 0) is 30.3 Å². The minimum atomic E-state index is -0.331. The molecule has 3 aromatic rings. The van der Waals surface area contributed by atoms with Gasteiger partial charge in [0.25, 0.3) is 0 Å². The second kappa shape index (κ2) is 8.34. The van der Waals surface area contributed by atoms with E-state index in [9.17, 15) is 9.18 Å². The highest BCUT2D eigenvalue weighted by Crippen LogP contribution is 2.25. The van der Waals surface area contributed by atoms with Crippen LogP contribution in [0.15, 0.2) is 65.1 Å². The summed E-state index contributed by atoms with van der Waals surface area (Å²) in [4.78, 5) is 12.1. The number of benzene rings is 2. The van der Waals surface area contributed by atoms with Gasteiger partial charge in [0.05, 0.1) is 12.7 Å². The van der Waals surface area contributed by atoms with Gasteiger partial charge >= 0.3 is 0 Å². The lowest BCUT2D eigenvalue weighted by molar-refractivity contribution is -0.121. The van der Waals surface area contributed by atoms with Crippen LogP contribution in [0.3, 0.4) is 0 Å². The molecule has 1 heterocycles. The van der Waals surface area contributed by atoms with Crippen molar-refractivity contribution >= 4 is 5.91 Å². The smallest absolute Gasteiger partial charge is 0.220 e. The number of aryl methyl sites for hydroxylation is 1. The van der Waals surface area contributed by atoms with Crippen molar-refractivity contribution < 1.29 is 18.3 Å². The number of rotatable bonds is 7. The molecule has 0 aliphatic rings. The Hall–Kier alpha value is -3.08. The van der Waals surface area contributed by atoms with E-state index in [1.807, 2.05) is 24.3 Å². The largest absolute Gasteiger partial charge is 0.496 e. The van der Waals surface area contributed by atoms with Crippen molar-refractivity contribution in [2.75, 3.05) is 7.11 Å². The molecule has 0 saturated carbocycles. The van der Waals surface area contributed by atoms with Gasteiger partial charge in [0.2, 0.25) is 5.91 Å².